The van der Waals surface area contributed by atoms with Gasteiger partial charge in [-0.2, -0.15) is 0 Å². The van der Waals surface area contributed by atoms with Crippen LogP contribution in [0.25, 0.3) is 82.5 Å². The van der Waals surface area contributed by atoms with Crippen molar-refractivity contribution >= 4 is 54.5 Å². The predicted molar refractivity (Wildman–Crippen MR) is 176 cm³/mol. The molecule has 7 aromatic carbocycles. The van der Waals surface area contributed by atoms with Crippen LogP contribution in [0.15, 0.2) is 156 Å². The highest BCUT2D eigenvalue weighted by Crippen LogP contribution is 2.40. The average Bonchev–Trinajstić information content (AvgIpc) is 3.60. The van der Waals surface area contributed by atoms with E-state index < -0.39 is 0 Å². The molecule has 0 spiro atoms. The summed E-state index contributed by atoms with van der Waals surface area (Å²) >= 11 is 0. The Hall–Kier alpha value is -5.60. The van der Waals surface area contributed by atoms with Crippen molar-refractivity contribution in [3.63, 3.8) is 0 Å². The van der Waals surface area contributed by atoms with Crippen molar-refractivity contribution < 1.29 is 4.42 Å². The van der Waals surface area contributed by atoms with Crippen LogP contribution in [0.3, 0.4) is 0 Å². The Balaban J connectivity index is 1.38. The molecule has 0 amide bonds. The highest BCUT2D eigenvalue weighted by Gasteiger charge is 2.17. The molecule has 0 unspecified atom stereocenters. The zero-order valence-electron chi connectivity index (χ0n) is 22.8. The van der Waals surface area contributed by atoms with Crippen LogP contribution in [0.1, 0.15) is 0 Å². The molecule has 2 heteroatoms. The number of furan rings is 1. The van der Waals surface area contributed by atoms with Gasteiger partial charge in [-0.25, -0.2) is 0 Å². The van der Waals surface area contributed by atoms with Crippen molar-refractivity contribution in [1.29, 1.82) is 0 Å². The molecular weight excluding hydrogens is 510 g/mol. The number of hydrogen-bond donors (Lipinski definition) is 0. The standard InChI is InChI=1S/C40H25NO/c1-3-11-26(12-4-1)29-21-30(27-13-5-2-6-14-27)23-31(22-29)41-37-17-9-7-15-32(37)36-25-35-28(24-38(36)41)19-20-34-33-16-8-10-18-39(33)42-40(34)35/h1-25H. The van der Waals surface area contributed by atoms with Gasteiger partial charge >= 0.3 is 0 Å². The quantitative estimate of drug-likeness (QED) is 0.220. The van der Waals surface area contributed by atoms with Gasteiger partial charge in [0.15, 0.2) is 0 Å². The van der Waals surface area contributed by atoms with E-state index >= 15 is 0 Å². The first kappa shape index (κ1) is 23.1. The summed E-state index contributed by atoms with van der Waals surface area (Å²) in [7, 11) is 0. The molecule has 9 aromatic rings. The van der Waals surface area contributed by atoms with Crippen LogP contribution in [0.2, 0.25) is 0 Å². The summed E-state index contributed by atoms with van der Waals surface area (Å²) in [5.41, 5.74) is 10.2. The van der Waals surface area contributed by atoms with Crippen LogP contribution in [-0.2, 0) is 0 Å². The summed E-state index contributed by atoms with van der Waals surface area (Å²) in [6.45, 7) is 0. The van der Waals surface area contributed by atoms with Crippen LogP contribution < -0.4 is 0 Å². The SMILES string of the molecule is c1ccc(-c2cc(-c3ccccc3)cc(-n3c4ccccc4c4cc5c(ccc6c7ccccc7oc56)cc43)c2)cc1. The van der Waals surface area contributed by atoms with Crippen molar-refractivity contribution in [3.05, 3.63) is 152 Å². The number of hydrogen-bond acceptors (Lipinski definition) is 1. The first-order chi connectivity index (χ1) is 20.8. The highest BCUT2D eigenvalue weighted by molar-refractivity contribution is 6.20. The van der Waals surface area contributed by atoms with Gasteiger partial charge in [0.2, 0.25) is 0 Å². The van der Waals surface area contributed by atoms with E-state index in [1.807, 2.05) is 6.07 Å². The number of para-hydroxylation sites is 2. The minimum Gasteiger partial charge on any atom is -0.455 e. The van der Waals surface area contributed by atoms with Crippen molar-refractivity contribution in [2.75, 3.05) is 0 Å². The summed E-state index contributed by atoms with van der Waals surface area (Å²) in [4.78, 5) is 0. The molecule has 0 aliphatic heterocycles. The number of rotatable bonds is 3. The Kier molecular flexibility index (Phi) is 4.93. The molecule has 0 aliphatic carbocycles. The molecule has 0 radical (unpaired) electrons. The van der Waals surface area contributed by atoms with E-state index in [0.29, 0.717) is 0 Å². The second kappa shape index (κ2) is 8.95. The van der Waals surface area contributed by atoms with Crippen molar-refractivity contribution in [2.24, 2.45) is 0 Å². The van der Waals surface area contributed by atoms with Gasteiger partial charge in [-0.05, 0) is 76.2 Å². The average molecular weight is 536 g/mol. The Morgan fingerprint density at radius 1 is 0.381 bits per heavy atom. The molecule has 42 heavy (non-hydrogen) atoms. The van der Waals surface area contributed by atoms with Gasteiger partial charge in [0.1, 0.15) is 11.2 Å². The van der Waals surface area contributed by atoms with E-state index in [-0.39, 0.29) is 0 Å². The first-order valence-corrected chi connectivity index (χ1v) is 14.4. The lowest BCUT2D eigenvalue weighted by atomic mass is 9.98. The van der Waals surface area contributed by atoms with Gasteiger partial charge in [-0.3, -0.25) is 0 Å². The first-order valence-electron chi connectivity index (χ1n) is 14.4. The molecule has 2 aromatic heterocycles. The summed E-state index contributed by atoms with van der Waals surface area (Å²) in [5, 5.41) is 7.07. The predicted octanol–water partition coefficient (Wildman–Crippen LogP) is 11.2. The van der Waals surface area contributed by atoms with E-state index in [4.69, 9.17) is 4.42 Å². The Morgan fingerprint density at radius 2 is 1.02 bits per heavy atom. The largest absolute Gasteiger partial charge is 0.455 e. The lowest BCUT2D eigenvalue weighted by Gasteiger charge is -2.14. The molecule has 0 aliphatic rings. The summed E-state index contributed by atoms with van der Waals surface area (Å²) in [6, 6.07) is 54.4. The van der Waals surface area contributed by atoms with Crippen molar-refractivity contribution in [2.45, 2.75) is 0 Å². The van der Waals surface area contributed by atoms with E-state index in [9.17, 15) is 0 Å². The normalized spacial score (nSPS) is 11.8. The molecule has 2 heterocycles. The zero-order chi connectivity index (χ0) is 27.6. The molecule has 0 N–H and O–H groups in total. The highest BCUT2D eigenvalue weighted by atomic mass is 16.3. The number of aromatic nitrogens is 1. The molecule has 0 atom stereocenters. The lowest BCUT2D eigenvalue weighted by molar-refractivity contribution is 0.672. The van der Waals surface area contributed by atoms with Crippen LogP contribution in [0, 0.1) is 0 Å². The maximum Gasteiger partial charge on any atom is 0.143 e. The molecule has 0 saturated heterocycles. The minimum absolute atomic E-state index is 0.925. The topological polar surface area (TPSA) is 18.1 Å². The number of fused-ring (bicyclic) bond motifs is 8. The fourth-order valence-electron chi connectivity index (χ4n) is 6.58. The summed E-state index contributed by atoms with van der Waals surface area (Å²) < 4.78 is 8.86. The van der Waals surface area contributed by atoms with Gasteiger partial charge in [0.25, 0.3) is 0 Å². The maximum absolute atomic E-state index is 6.44. The fraction of sp³-hybridized carbons (Fsp3) is 0. The minimum atomic E-state index is 0.925. The summed E-state index contributed by atoms with van der Waals surface area (Å²) in [6.07, 6.45) is 0. The number of nitrogens with zero attached hydrogens (tertiary/aromatic N) is 1. The third kappa shape index (κ3) is 3.45. The molecular formula is C40H25NO. The molecule has 0 fully saturated rings. The second-order valence-corrected chi connectivity index (χ2v) is 11.0. The second-order valence-electron chi connectivity index (χ2n) is 11.0. The molecule has 9 rings (SSSR count). The van der Waals surface area contributed by atoms with E-state index in [1.165, 1.54) is 49.4 Å². The van der Waals surface area contributed by atoms with Crippen LogP contribution in [0.4, 0.5) is 0 Å². The zero-order valence-corrected chi connectivity index (χ0v) is 22.8. The fourth-order valence-corrected chi connectivity index (χ4v) is 6.58. The maximum atomic E-state index is 6.44. The smallest absolute Gasteiger partial charge is 0.143 e. The van der Waals surface area contributed by atoms with Gasteiger partial charge in [-0.1, -0.05) is 103 Å². The molecule has 0 bridgehead atoms. The molecule has 2 nitrogen and oxygen atoms in total. The van der Waals surface area contributed by atoms with Gasteiger partial charge in [0.05, 0.1) is 11.0 Å². The van der Waals surface area contributed by atoms with E-state index in [0.717, 1.165) is 33.0 Å². The Bertz CT molecular complexity index is 2390. The molecule has 196 valence electrons. The summed E-state index contributed by atoms with van der Waals surface area (Å²) in [5.74, 6) is 0. The third-order valence-corrected chi connectivity index (χ3v) is 8.54. The monoisotopic (exact) mass is 535 g/mol. The molecule has 0 saturated carbocycles. The van der Waals surface area contributed by atoms with Crippen molar-refractivity contribution in [1.82, 2.24) is 4.57 Å². The Morgan fingerprint density at radius 3 is 1.76 bits per heavy atom. The third-order valence-electron chi connectivity index (χ3n) is 8.54. The number of benzene rings is 7. The van der Waals surface area contributed by atoms with Gasteiger partial charge in [0, 0.05) is 32.6 Å². The van der Waals surface area contributed by atoms with Crippen LogP contribution in [-0.4, -0.2) is 4.57 Å². The van der Waals surface area contributed by atoms with Crippen LogP contribution >= 0.6 is 0 Å². The lowest BCUT2D eigenvalue weighted by Crippen LogP contribution is -1.96. The Labute approximate surface area is 242 Å². The van der Waals surface area contributed by atoms with Crippen LogP contribution in [0.5, 0.6) is 0 Å². The van der Waals surface area contributed by atoms with Crippen molar-refractivity contribution in [3.8, 4) is 27.9 Å². The van der Waals surface area contributed by atoms with E-state index in [1.54, 1.807) is 0 Å². The van der Waals surface area contributed by atoms with Gasteiger partial charge < -0.3 is 8.98 Å². The van der Waals surface area contributed by atoms with Gasteiger partial charge in [-0.15, -0.1) is 0 Å². The van der Waals surface area contributed by atoms with E-state index in [2.05, 4.69) is 150 Å².